The fraction of sp³-hybridized carbons (Fsp3) is 1.00. The van der Waals surface area contributed by atoms with Gasteiger partial charge in [0.25, 0.3) is 0 Å². The van der Waals surface area contributed by atoms with E-state index in [4.69, 9.17) is 4.74 Å². The Kier molecular flexibility index (Phi) is 4.25. The van der Waals surface area contributed by atoms with E-state index >= 15 is 0 Å². The number of methoxy groups -OCH3 is 1. The Balaban J connectivity index is 4.17. The fourth-order valence-electron chi connectivity index (χ4n) is 1.17. The van der Waals surface area contributed by atoms with E-state index in [9.17, 15) is 0 Å². The van der Waals surface area contributed by atoms with Crippen LogP contribution in [0.4, 0.5) is 0 Å². The molecule has 0 heterocycles. The molecule has 0 aliphatic rings. The third-order valence-corrected chi connectivity index (χ3v) is 3.65. The zero-order chi connectivity index (χ0) is 9.83. The first-order valence-corrected chi connectivity index (χ1v) is 4.86. The van der Waals surface area contributed by atoms with Crippen molar-refractivity contribution in [3.05, 3.63) is 0 Å². The molecule has 0 bridgehead atoms. The van der Waals surface area contributed by atoms with Crippen LogP contribution in [0.5, 0.6) is 0 Å². The molecule has 0 aliphatic carbocycles. The lowest BCUT2D eigenvalue weighted by molar-refractivity contribution is 0.0569. The monoisotopic (exact) mass is 172 g/mol. The summed E-state index contributed by atoms with van der Waals surface area (Å²) in [5.41, 5.74) is 0.781. The number of ether oxygens (including phenoxy) is 1. The Morgan fingerprint density at radius 2 is 1.50 bits per heavy atom. The molecule has 0 unspecified atom stereocenters. The SMILES string of the molecule is CCC(C)(C)C(C)(C)CCOC. The first kappa shape index (κ1) is 12.0. The maximum Gasteiger partial charge on any atom is 0.0467 e. The number of hydrogen-bond donors (Lipinski definition) is 0. The van der Waals surface area contributed by atoms with Crippen molar-refractivity contribution in [1.29, 1.82) is 0 Å². The maximum absolute atomic E-state index is 5.12. The molecule has 1 heteroatoms. The highest BCUT2D eigenvalue weighted by Gasteiger charge is 2.34. The van der Waals surface area contributed by atoms with Crippen LogP contribution in [-0.4, -0.2) is 13.7 Å². The zero-order valence-electron chi connectivity index (χ0n) is 9.53. The van der Waals surface area contributed by atoms with Gasteiger partial charge in [-0.2, -0.15) is 0 Å². The van der Waals surface area contributed by atoms with Gasteiger partial charge in [0, 0.05) is 13.7 Å². The quantitative estimate of drug-likeness (QED) is 0.617. The summed E-state index contributed by atoms with van der Waals surface area (Å²) in [6, 6.07) is 0. The van der Waals surface area contributed by atoms with E-state index in [1.54, 1.807) is 7.11 Å². The van der Waals surface area contributed by atoms with Crippen LogP contribution in [0.1, 0.15) is 47.5 Å². The smallest absolute Gasteiger partial charge is 0.0467 e. The van der Waals surface area contributed by atoms with Crippen LogP contribution in [-0.2, 0) is 4.74 Å². The summed E-state index contributed by atoms with van der Waals surface area (Å²) < 4.78 is 5.12. The summed E-state index contributed by atoms with van der Waals surface area (Å²) in [5, 5.41) is 0. The van der Waals surface area contributed by atoms with E-state index in [2.05, 4.69) is 34.6 Å². The lowest BCUT2D eigenvalue weighted by Gasteiger charge is -2.41. The predicted octanol–water partition coefficient (Wildman–Crippen LogP) is 3.49. The van der Waals surface area contributed by atoms with E-state index < -0.39 is 0 Å². The van der Waals surface area contributed by atoms with Crippen molar-refractivity contribution < 1.29 is 4.74 Å². The van der Waals surface area contributed by atoms with E-state index in [0.29, 0.717) is 10.8 Å². The largest absolute Gasteiger partial charge is 0.385 e. The van der Waals surface area contributed by atoms with Crippen molar-refractivity contribution >= 4 is 0 Å². The van der Waals surface area contributed by atoms with E-state index in [0.717, 1.165) is 13.0 Å². The summed E-state index contributed by atoms with van der Waals surface area (Å²) in [7, 11) is 1.77. The molecule has 1 nitrogen and oxygen atoms in total. The first-order valence-electron chi connectivity index (χ1n) is 4.86. The summed E-state index contributed by atoms with van der Waals surface area (Å²) in [4.78, 5) is 0. The second kappa shape index (κ2) is 4.27. The van der Waals surface area contributed by atoms with Gasteiger partial charge >= 0.3 is 0 Å². The maximum atomic E-state index is 5.12. The molecule has 0 radical (unpaired) electrons. The van der Waals surface area contributed by atoms with Crippen molar-refractivity contribution in [2.24, 2.45) is 10.8 Å². The van der Waals surface area contributed by atoms with E-state index in [1.807, 2.05) is 0 Å². The number of hydrogen-bond acceptors (Lipinski definition) is 1. The summed E-state index contributed by atoms with van der Waals surface area (Å²) in [6.45, 7) is 12.5. The van der Waals surface area contributed by atoms with Crippen LogP contribution >= 0.6 is 0 Å². The van der Waals surface area contributed by atoms with Gasteiger partial charge in [-0.05, 0) is 17.3 Å². The third kappa shape index (κ3) is 2.78. The molecular weight excluding hydrogens is 148 g/mol. The molecule has 0 aromatic heterocycles. The van der Waals surface area contributed by atoms with Crippen molar-refractivity contribution in [1.82, 2.24) is 0 Å². The molecule has 0 saturated carbocycles. The van der Waals surface area contributed by atoms with Crippen LogP contribution in [0.15, 0.2) is 0 Å². The lowest BCUT2D eigenvalue weighted by Crippen LogP contribution is -2.32. The predicted molar refractivity (Wildman–Crippen MR) is 54.3 cm³/mol. The van der Waals surface area contributed by atoms with Gasteiger partial charge in [-0.25, -0.2) is 0 Å². The highest BCUT2D eigenvalue weighted by molar-refractivity contribution is 4.84. The minimum atomic E-state index is 0.373. The fourth-order valence-corrected chi connectivity index (χ4v) is 1.17. The van der Waals surface area contributed by atoms with Crippen LogP contribution in [0.25, 0.3) is 0 Å². The average molecular weight is 172 g/mol. The minimum Gasteiger partial charge on any atom is -0.385 e. The van der Waals surface area contributed by atoms with Gasteiger partial charge in [-0.15, -0.1) is 0 Å². The molecule has 0 fully saturated rings. The van der Waals surface area contributed by atoms with Crippen LogP contribution in [0, 0.1) is 10.8 Å². The topological polar surface area (TPSA) is 9.23 Å². The molecule has 0 saturated heterocycles. The van der Waals surface area contributed by atoms with Gasteiger partial charge in [-0.1, -0.05) is 41.0 Å². The van der Waals surface area contributed by atoms with Crippen LogP contribution < -0.4 is 0 Å². The summed E-state index contributed by atoms with van der Waals surface area (Å²) in [5.74, 6) is 0. The molecule has 0 aromatic carbocycles. The molecule has 74 valence electrons. The highest BCUT2D eigenvalue weighted by atomic mass is 16.5. The molecule has 0 amide bonds. The molecule has 0 N–H and O–H groups in total. The Bertz CT molecular complexity index is 125. The molecular formula is C11H24O. The van der Waals surface area contributed by atoms with E-state index in [-0.39, 0.29) is 0 Å². The van der Waals surface area contributed by atoms with Crippen LogP contribution in [0.3, 0.4) is 0 Å². The standard InChI is InChI=1S/C11H24O/c1-7-10(2,3)11(4,5)8-9-12-6/h7-9H2,1-6H3. The molecule has 0 aliphatic heterocycles. The first-order chi connectivity index (χ1) is 5.37. The summed E-state index contributed by atoms with van der Waals surface area (Å²) >= 11 is 0. The third-order valence-electron chi connectivity index (χ3n) is 3.65. The Hall–Kier alpha value is -0.0400. The molecule has 0 rings (SSSR count). The Morgan fingerprint density at radius 1 is 1.00 bits per heavy atom. The lowest BCUT2D eigenvalue weighted by atomic mass is 9.65. The number of rotatable bonds is 5. The summed E-state index contributed by atoms with van der Waals surface area (Å²) in [6.07, 6.45) is 2.37. The van der Waals surface area contributed by atoms with Gasteiger partial charge in [0.1, 0.15) is 0 Å². The van der Waals surface area contributed by atoms with Crippen molar-refractivity contribution in [3.63, 3.8) is 0 Å². The molecule has 0 atom stereocenters. The normalized spacial score (nSPS) is 13.5. The van der Waals surface area contributed by atoms with Gasteiger partial charge in [0.15, 0.2) is 0 Å². The van der Waals surface area contributed by atoms with Gasteiger partial charge in [0.2, 0.25) is 0 Å². The second-order valence-electron chi connectivity index (χ2n) is 4.86. The molecule has 0 spiro atoms. The Morgan fingerprint density at radius 3 is 1.83 bits per heavy atom. The van der Waals surface area contributed by atoms with Gasteiger partial charge in [0.05, 0.1) is 0 Å². The van der Waals surface area contributed by atoms with E-state index in [1.165, 1.54) is 6.42 Å². The van der Waals surface area contributed by atoms with Gasteiger partial charge < -0.3 is 4.74 Å². The van der Waals surface area contributed by atoms with Gasteiger partial charge in [-0.3, -0.25) is 0 Å². The minimum absolute atomic E-state index is 0.373. The van der Waals surface area contributed by atoms with Crippen LogP contribution in [0.2, 0.25) is 0 Å². The Labute approximate surface area is 77.5 Å². The van der Waals surface area contributed by atoms with Crippen molar-refractivity contribution in [2.45, 2.75) is 47.5 Å². The van der Waals surface area contributed by atoms with Crippen molar-refractivity contribution in [3.8, 4) is 0 Å². The van der Waals surface area contributed by atoms with Crippen molar-refractivity contribution in [2.75, 3.05) is 13.7 Å². The highest BCUT2D eigenvalue weighted by Crippen LogP contribution is 2.43. The average Bonchev–Trinajstić information content (AvgIpc) is 2.00. The second-order valence-corrected chi connectivity index (χ2v) is 4.86. The molecule has 0 aromatic rings. The zero-order valence-corrected chi connectivity index (χ0v) is 9.53. The molecule has 12 heavy (non-hydrogen) atoms.